The van der Waals surface area contributed by atoms with Crippen LogP contribution in [0, 0.1) is 17.5 Å². The van der Waals surface area contributed by atoms with Crippen LogP contribution < -0.4 is 10.6 Å². The van der Waals surface area contributed by atoms with Crippen LogP contribution in [0.25, 0.3) is 0 Å². The van der Waals surface area contributed by atoms with Gasteiger partial charge in [-0.1, -0.05) is 13.0 Å². The van der Waals surface area contributed by atoms with Crippen LogP contribution in [0.5, 0.6) is 0 Å². The molecule has 4 N–H and O–H groups in total. The Bertz CT molecular complexity index is 949. The molecule has 0 unspecified atom stereocenters. The topological polar surface area (TPSA) is 84.8 Å². The second kappa shape index (κ2) is 9.67. The van der Waals surface area contributed by atoms with E-state index in [2.05, 4.69) is 10.6 Å². The monoisotopic (exact) mass is 437 g/mol. The van der Waals surface area contributed by atoms with E-state index < -0.39 is 34.6 Å². The van der Waals surface area contributed by atoms with Gasteiger partial charge in [-0.2, -0.15) is 0 Å². The van der Waals surface area contributed by atoms with Crippen molar-refractivity contribution < 1.29 is 28.2 Å². The second-order valence-electron chi connectivity index (χ2n) is 7.72. The van der Waals surface area contributed by atoms with E-state index in [1.807, 2.05) is 6.92 Å². The highest BCUT2D eigenvalue weighted by molar-refractivity contribution is 6.01. The fourth-order valence-electron chi connectivity index (χ4n) is 3.48. The summed E-state index contributed by atoms with van der Waals surface area (Å²) in [5.41, 5.74) is -1.09. The quantitative estimate of drug-likeness (QED) is 0.453. The van der Waals surface area contributed by atoms with Gasteiger partial charge in [0, 0.05) is 13.2 Å². The SMILES string of the molecule is CCc1ccc(Nc2c(C(=O)N3CC(O)(CNCCCO)C3)ccc(F)c2F)c(F)c1. The molecule has 2 aromatic carbocycles. The zero-order valence-electron chi connectivity index (χ0n) is 17.2. The summed E-state index contributed by atoms with van der Waals surface area (Å²) in [7, 11) is 0. The first-order valence-corrected chi connectivity index (χ1v) is 10.1. The highest BCUT2D eigenvalue weighted by Gasteiger charge is 2.44. The van der Waals surface area contributed by atoms with Crippen LogP contribution in [-0.4, -0.2) is 59.4 Å². The first-order valence-electron chi connectivity index (χ1n) is 10.1. The van der Waals surface area contributed by atoms with Crippen molar-refractivity contribution >= 4 is 17.3 Å². The number of hydrogen-bond acceptors (Lipinski definition) is 5. The van der Waals surface area contributed by atoms with Crippen LogP contribution in [0.3, 0.4) is 0 Å². The number of anilines is 2. The molecule has 3 rings (SSSR count). The molecule has 31 heavy (non-hydrogen) atoms. The molecule has 1 fully saturated rings. The predicted octanol–water partition coefficient (Wildman–Crippen LogP) is 2.57. The zero-order chi connectivity index (χ0) is 22.6. The lowest BCUT2D eigenvalue weighted by molar-refractivity contribution is -0.0785. The molecular weight excluding hydrogens is 411 g/mol. The molecule has 6 nitrogen and oxygen atoms in total. The summed E-state index contributed by atoms with van der Waals surface area (Å²) in [4.78, 5) is 14.2. The van der Waals surface area contributed by atoms with Gasteiger partial charge >= 0.3 is 0 Å². The Morgan fingerprint density at radius 1 is 1.16 bits per heavy atom. The minimum atomic E-state index is -1.29. The van der Waals surface area contributed by atoms with Gasteiger partial charge in [-0.3, -0.25) is 4.79 Å². The summed E-state index contributed by atoms with van der Waals surface area (Å²) in [6.45, 7) is 2.66. The summed E-state index contributed by atoms with van der Waals surface area (Å²) in [5, 5.41) is 24.7. The maximum Gasteiger partial charge on any atom is 0.256 e. The van der Waals surface area contributed by atoms with Crippen LogP contribution in [0.2, 0.25) is 0 Å². The molecule has 1 aliphatic heterocycles. The average Bonchev–Trinajstić information content (AvgIpc) is 2.73. The van der Waals surface area contributed by atoms with Gasteiger partial charge in [0.25, 0.3) is 5.91 Å². The largest absolute Gasteiger partial charge is 0.396 e. The number of rotatable bonds is 9. The highest BCUT2D eigenvalue weighted by Crippen LogP contribution is 2.31. The highest BCUT2D eigenvalue weighted by atomic mass is 19.2. The van der Waals surface area contributed by atoms with E-state index in [9.17, 15) is 23.1 Å². The van der Waals surface area contributed by atoms with Crippen LogP contribution >= 0.6 is 0 Å². The minimum absolute atomic E-state index is 0.00987. The molecule has 168 valence electrons. The molecule has 2 aromatic rings. The van der Waals surface area contributed by atoms with E-state index in [0.29, 0.717) is 19.4 Å². The van der Waals surface area contributed by atoms with E-state index in [4.69, 9.17) is 5.11 Å². The zero-order valence-corrected chi connectivity index (χ0v) is 17.2. The molecule has 1 amide bonds. The summed E-state index contributed by atoms with van der Waals surface area (Å²) in [6, 6.07) is 6.34. The molecule has 0 bridgehead atoms. The Labute approximate surface area is 178 Å². The van der Waals surface area contributed by atoms with Crippen molar-refractivity contribution in [1.29, 1.82) is 0 Å². The van der Waals surface area contributed by atoms with Gasteiger partial charge in [0.05, 0.1) is 30.0 Å². The van der Waals surface area contributed by atoms with Crippen molar-refractivity contribution in [3.05, 3.63) is 58.9 Å². The number of nitrogens with one attached hydrogen (secondary N) is 2. The Morgan fingerprint density at radius 3 is 2.55 bits per heavy atom. The average molecular weight is 437 g/mol. The van der Waals surface area contributed by atoms with Gasteiger partial charge in [-0.25, -0.2) is 13.2 Å². The number of aliphatic hydroxyl groups is 2. The molecule has 0 spiro atoms. The number of carbonyl (C=O) groups is 1. The Kier molecular flexibility index (Phi) is 7.19. The number of β-amino-alcohol motifs (C(OH)–C–C–N with tert-alkyl or cyclic N) is 1. The Hall–Kier alpha value is -2.62. The van der Waals surface area contributed by atoms with Crippen molar-refractivity contribution in [1.82, 2.24) is 10.2 Å². The number of aliphatic hydroxyl groups excluding tert-OH is 1. The number of carbonyl (C=O) groups excluding carboxylic acids is 1. The van der Waals surface area contributed by atoms with E-state index in [-0.39, 0.29) is 37.5 Å². The normalized spacial score (nSPS) is 15.0. The van der Waals surface area contributed by atoms with Crippen molar-refractivity contribution in [2.45, 2.75) is 25.4 Å². The van der Waals surface area contributed by atoms with E-state index >= 15 is 0 Å². The maximum atomic E-state index is 14.6. The molecule has 1 heterocycles. The molecule has 1 aliphatic rings. The predicted molar refractivity (Wildman–Crippen MR) is 111 cm³/mol. The number of hydrogen-bond donors (Lipinski definition) is 4. The van der Waals surface area contributed by atoms with Crippen molar-refractivity contribution in [3.63, 3.8) is 0 Å². The molecular formula is C22H26F3N3O3. The van der Waals surface area contributed by atoms with E-state index in [1.165, 1.54) is 17.0 Å². The van der Waals surface area contributed by atoms with Gasteiger partial charge in [0.15, 0.2) is 11.6 Å². The third kappa shape index (κ3) is 5.17. The summed E-state index contributed by atoms with van der Waals surface area (Å²) >= 11 is 0. The number of benzene rings is 2. The lowest BCUT2D eigenvalue weighted by Gasteiger charge is -2.46. The minimum Gasteiger partial charge on any atom is -0.396 e. The van der Waals surface area contributed by atoms with Crippen LogP contribution in [0.4, 0.5) is 24.5 Å². The maximum absolute atomic E-state index is 14.6. The second-order valence-corrected chi connectivity index (χ2v) is 7.72. The van der Waals surface area contributed by atoms with Crippen LogP contribution in [0.1, 0.15) is 29.3 Å². The fraction of sp³-hybridized carbons (Fsp3) is 0.409. The standard InChI is InChI=1S/C22H26F3N3O3/c1-2-14-4-7-18(17(24)10-14)27-20-15(5-6-16(23)19(20)25)21(30)28-12-22(31,13-28)11-26-8-3-9-29/h4-7,10,26-27,29,31H,2-3,8-9,11-13H2,1H3. The number of likely N-dealkylation sites (tertiary alicyclic amines) is 1. The van der Waals surface area contributed by atoms with Gasteiger partial charge in [0.2, 0.25) is 0 Å². The van der Waals surface area contributed by atoms with Crippen molar-refractivity contribution in [3.8, 4) is 0 Å². The molecule has 0 atom stereocenters. The third-order valence-electron chi connectivity index (χ3n) is 5.25. The molecule has 1 saturated heterocycles. The van der Waals surface area contributed by atoms with Crippen molar-refractivity contribution in [2.75, 3.05) is 38.1 Å². The number of aryl methyl sites for hydroxylation is 1. The Balaban J connectivity index is 1.77. The van der Waals surface area contributed by atoms with Gasteiger partial charge in [-0.15, -0.1) is 0 Å². The van der Waals surface area contributed by atoms with E-state index in [1.54, 1.807) is 6.07 Å². The van der Waals surface area contributed by atoms with E-state index in [0.717, 1.165) is 17.7 Å². The number of halogens is 3. The summed E-state index contributed by atoms with van der Waals surface area (Å²) < 4.78 is 42.8. The Morgan fingerprint density at radius 2 is 1.90 bits per heavy atom. The molecule has 9 heteroatoms. The molecule has 0 aliphatic carbocycles. The van der Waals surface area contributed by atoms with Gasteiger partial charge in [-0.05, 0) is 49.2 Å². The van der Waals surface area contributed by atoms with Crippen LogP contribution in [0.15, 0.2) is 30.3 Å². The lowest BCUT2D eigenvalue weighted by atomic mass is 9.92. The lowest BCUT2D eigenvalue weighted by Crippen LogP contribution is -2.67. The first kappa shape index (κ1) is 23.1. The van der Waals surface area contributed by atoms with Crippen molar-refractivity contribution in [2.24, 2.45) is 0 Å². The molecule has 0 radical (unpaired) electrons. The summed E-state index contributed by atoms with van der Waals surface area (Å²) in [6.07, 6.45) is 1.15. The smallest absolute Gasteiger partial charge is 0.256 e. The number of amides is 1. The number of nitrogens with zero attached hydrogens (tertiary/aromatic N) is 1. The summed E-state index contributed by atoms with van der Waals surface area (Å²) in [5.74, 6) is -3.70. The fourth-order valence-corrected chi connectivity index (χ4v) is 3.48. The van der Waals surface area contributed by atoms with Gasteiger partial charge < -0.3 is 25.7 Å². The molecule has 0 aromatic heterocycles. The van der Waals surface area contributed by atoms with Gasteiger partial charge in [0.1, 0.15) is 11.4 Å². The van der Waals surface area contributed by atoms with Crippen LogP contribution in [-0.2, 0) is 6.42 Å². The molecule has 0 saturated carbocycles. The third-order valence-corrected chi connectivity index (χ3v) is 5.25. The first-order chi connectivity index (χ1) is 14.8.